The molecule has 1 heterocycles. The van der Waals surface area contributed by atoms with Gasteiger partial charge in [0.05, 0.1) is 0 Å². The van der Waals surface area contributed by atoms with E-state index in [0.29, 0.717) is 11.1 Å². The third kappa shape index (κ3) is 3.24. The molecule has 0 bridgehead atoms. The number of carbonyl (C=O) groups excluding carboxylic acids is 1. The number of hydrogen-bond donors (Lipinski definition) is 2. The second kappa shape index (κ2) is 5.72. The van der Waals surface area contributed by atoms with E-state index in [1.54, 1.807) is 6.07 Å². The van der Waals surface area contributed by atoms with Crippen LogP contribution in [0.2, 0.25) is 5.02 Å². The topological polar surface area (TPSA) is 41.1 Å². The van der Waals surface area contributed by atoms with Gasteiger partial charge in [0.15, 0.2) is 0 Å². The van der Waals surface area contributed by atoms with Crippen LogP contribution >= 0.6 is 11.6 Å². The molecule has 1 saturated heterocycles. The summed E-state index contributed by atoms with van der Waals surface area (Å²) in [5.41, 5.74) is 1.86. The van der Waals surface area contributed by atoms with E-state index in [9.17, 15) is 4.79 Å². The molecular formula is C14H19ClN2O. The number of nitrogens with one attached hydrogen (secondary N) is 2. The minimum absolute atomic E-state index is 0.0969. The van der Waals surface area contributed by atoms with Crippen molar-refractivity contribution in [3.05, 3.63) is 28.8 Å². The summed E-state index contributed by atoms with van der Waals surface area (Å²) in [6.45, 7) is 4.99. The van der Waals surface area contributed by atoms with E-state index >= 15 is 0 Å². The third-order valence-corrected chi connectivity index (χ3v) is 3.69. The van der Waals surface area contributed by atoms with Crippen LogP contribution in [0, 0.1) is 12.8 Å². The molecule has 1 aromatic rings. The van der Waals surface area contributed by atoms with Crippen molar-refractivity contribution >= 4 is 23.2 Å². The third-order valence-electron chi connectivity index (χ3n) is 3.45. The zero-order chi connectivity index (χ0) is 13.1. The zero-order valence-corrected chi connectivity index (χ0v) is 11.6. The van der Waals surface area contributed by atoms with E-state index in [0.717, 1.165) is 30.6 Å². The van der Waals surface area contributed by atoms with Gasteiger partial charge in [0.2, 0.25) is 5.91 Å². The fourth-order valence-electron chi connectivity index (χ4n) is 2.33. The predicted octanol–water partition coefficient (Wildman–Crippen LogP) is 2.98. The van der Waals surface area contributed by atoms with Crippen molar-refractivity contribution < 1.29 is 4.79 Å². The Hall–Kier alpha value is -1.06. The highest BCUT2D eigenvalue weighted by Crippen LogP contribution is 2.23. The van der Waals surface area contributed by atoms with Crippen LogP contribution in [0.15, 0.2) is 18.2 Å². The van der Waals surface area contributed by atoms with E-state index in [2.05, 4.69) is 17.6 Å². The van der Waals surface area contributed by atoms with Gasteiger partial charge in [-0.05, 0) is 50.9 Å². The number of halogens is 1. The van der Waals surface area contributed by atoms with Crippen LogP contribution in [0.25, 0.3) is 0 Å². The number of hydrogen-bond acceptors (Lipinski definition) is 2. The Labute approximate surface area is 113 Å². The van der Waals surface area contributed by atoms with Crippen molar-refractivity contribution in [3.8, 4) is 0 Å². The fourth-order valence-corrected chi connectivity index (χ4v) is 2.51. The SMILES string of the molecule is Cc1ccc(Cl)cc1NC(=O)C1CCNC(C)C1. The fraction of sp³-hybridized carbons (Fsp3) is 0.500. The smallest absolute Gasteiger partial charge is 0.227 e. The lowest BCUT2D eigenvalue weighted by Gasteiger charge is -2.27. The van der Waals surface area contributed by atoms with Gasteiger partial charge in [-0.1, -0.05) is 17.7 Å². The Kier molecular flexibility index (Phi) is 4.25. The molecule has 1 aliphatic rings. The predicted molar refractivity (Wildman–Crippen MR) is 75.0 cm³/mol. The summed E-state index contributed by atoms with van der Waals surface area (Å²) >= 11 is 5.95. The summed E-state index contributed by atoms with van der Waals surface area (Å²) in [5, 5.41) is 6.99. The molecule has 1 aliphatic heterocycles. The highest BCUT2D eigenvalue weighted by atomic mass is 35.5. The number of benzene rings is 1. The molecule has 0 aromatic heterocycles. The summed E-state index contributed by atoms with van der Waals surface area (Å²) in [5.74, 6) is 0.202. The number of anilines is 1. The van der Waals surface area contributed by atoms with Gasteiger partial charge in [0.1, 0.15) is 0 Å². The second-order valence-electron chi connectivity index (χ2n) is 5.02. The van der Waals surface area contributed by atoms with E-state index in [1.165, 1.54) is 0 Å². The van der Waals surface area contributed by atoms with Crippen LogP contribution in [0.5, 0.6) is 0 Å². The Balaban J connectivity index is 2.04. The molecule has 98 valence electrons. The van der Waals surface area contributed by atoms with Crippen LogP contribution in [0.1, 0.15) is 25.3 Å². The van der Waals surface area contributed by atoms with Crippen LogP contribution in [-0.2, 0) is 4.79 Å². The van der Waals surface area contributed by atoms with Crippen molar-refractivity contribution in [2.24, 2.45) is 5.92 Å². The molecular weight excluding hydrogens is 248 g/mol. The Morgan fingerprint density at radius 3 is 3.00 bits per heavy atom. The minimum Gasteiger partial charge on any atom is -0.326 e. The first-order chi connectivity index (χ1) is 8.56. The molecule has 0 saturated carbocycles. The van der Waals surface area contributed by atoms with Gasteiger partial charge < -0.3 is 10.6 Å². The lowest BCUT2D eigenvalue weighted by Crippen LogP contribution is -2.40. The van der Waals surface area contributed by atoms with Crippen molar-refractivity contribution in [1.29, 1.82) is 0 Å². The van der Waals surface area contributed by atoms with Crippen LogP contribution in [-0.4, -0.2) is 18.5 Å². The van der Waals surface area contributed by atoms with Gasteiger partial charge in [-0.3, -0.25) is 4.79 Å². The summed E-state index contributed by atoms with van der Waals surface area (Å²) < 4.78 is 0. The van der Waals surface area contributed by atoms with Crippen molar-refractivity contribution in [1.82, 2.24) is 5.32 Å². The normalized spacial score (nSPS) is 23.7. The summed E-state index contributed by atoms with van der Waals surface area (Å²) in [7, 11) is 0. The average Bonchev–Trinajstić information content (AvgIpc) is 2.34. The molecule has 1 amide bonds. The van der Waals surface area contributed by atoms with Crippen molar-refractivity contribution in [3.63, 3.8) is 0 Å². The Morgan fingerprint density at radius 1 is 1.50 bits per heavy atom. The molecule has 2 atom stereocenters. The molecule has 3 nitrogen and oxygen atoms in total. The molecule has 18 heavy (non-hydrogen) atoms. The quantitative estimate of drug-likeness (QED) is 0.864. The van der Waals surface area contributed by atoms with Crippen LogP contribution in [0.4, 0.5) is 5.69 Å². The Bertz CT molecular complexity index is 447. The largest absolute Gasteiger partial charge is 0.326 e. The number of amides is 1. The van der Waals surface area contributed by atoms with Gasteiger partial charge in [0, 0.05) is 22.7 Å². The number of carbonyl (C=O) groups is 1. The molecule has 1 fully saturated rings. The molecule has 0 spiro atoms. The molecule has 0 radical (unpaired) electrons. The zero-order valence-electron chi connectivity index (χ0n) is 10.8. The molecule has 0 aliphatic carbocycles. The first-order valence-electron chi connectivity index (χ1n) is 6.36. The van der Waals surface area contributed by atoms with Gasteiger partial charge in [-0.25, -0.2) is 0 Å². The maximum Gasteiger partial charge on any atom is 0.227 e. The maximum absolute atomic E-state index is 12.2. The molecule has 2 N–H and O–H groups in total. The summed E-state index contributed by atoms with van der Waals surface area (Å²) in [6.07, 6.45) is 1.79. The average molecular weight is 267 g/mol. The second-order valence-corrected chi connectivity index (χ2v) is 5.46. The van der Waals surface area contributed by atoms with Crippen LogP contribution in [0.3, 0.4) is 0 Å². The van der Waals surface area contributed by atoms with E-state index in [1.807, 2.05) is 19.1 Å². The lowest BCUT2D eigenvalue weighted by molar-refractivity contribution is -0.120. The standard InChI is InChI=1S/C14H19ClN2O/c1-9-3-4-12(15)8-13(9)17-14(18)11-5-6-16-10(2)7-11/h3-4,8,10-11,16H,5-7H2,1-2H3,(H,17,18). The maximum atomic E-state index is 12.2. The van der Waals surface area contributed by atoms with Gasteiger partial charge in [0.25, 0.3) is 0 Å². The molecule has 2 rings (SSSR count). The van der Waals surface area contributed by atoms with Crippen molar-refractivity contribution in [2.75, 3.05) is 11.9 Å². The first-order valence-corrected chi connectivity index (χ1v) is 6.74. The highest BCUT2D eigenvalue weighted by molar-refractivity contribution is 6.31. The molecule has 2 unspecified atom stereocenters. The van der Waals surface area contributed by atoms with Crippen LogP contribution < -0.4 is 10.6 Å². The monoisotopic (exact) mass is 266 g/mol. The van der Waals surface area contributed by atoms with Gasteiger partial charge in [-0.15, -0.1) is 0 Å². The molecule has 4 heteroatoms. The number of piperidine rings is 1. The summed E-state index contributed by atoms with van der Waals surface area (Å²) in [6, 6.07) is 5.97. The number of rotatable bonds is 2. The van der Waals surface area contributed by atoms with Gasteiger partial charge >= 0.3 is 0 Å². The van der Waals surface area contributed by atoms with Gasteiger partial charge in [-0.2, -0.15) is 0 Å². The number of aryl methyl sites for hydroxylation is 1. The van der Waals surface area contributed by atoms with E-state index < -0.39 is 0 Å². The minimum atomic E-state index is 0.0969. The highest BCUT2D eigenvalue weighted by Gasteiger charge is 2.24. The van der Waals surface area contributed by atoms with E-state index in [-0.39, 0.29) is 11.8 Å². The first kappa shape index (κ1) is 13.4. The Morgan fingerprint density at radius 2 is 2.28 bits per heavy atom. The molecule has 1 aromatic carbocycles. The lowest BCUT2D eigenvalue weighted by atomic mass is 9.92. The van der Waals surface area contributed by atoms with E-state index in [4.69, 9.17) is 11.6 Å². The van der Waals surface area contributed by atoms with Crippen molar-refractivity contribution in [2.45, 2.75) is 32.7 Å². The summed E-state index contributed by atoms with van der Waals surface area (Å²) in [4.78, 5) is 12.2.